The Hall–Kier alpha value is -0.840. The maximum atomic E-state index is 12.5. The molecule has 0 aliphatic carbocycles. The largest absolute Gasteiger partial charge is 0.416 e. The standard InChI is InChI=1S/C12H12BrF3O/c1-8(7-17)2-3-9-6-10(12(14,15)16)4-5-11(9)13/h4-8H,2-3H2,1H3/t8-/m1/s1. The lowest BCUT2D eigenvalue weighted by Crippen LogP contribution is -2.06. The van der Waals surface area contributed by atoms with Crippen LogP contribution in [0.15, 0.2) is 22.7 Å². The van der Waals surface area contributed by atoms with Gasteiger partial charge in [0.1, 0.15) is 6.29 Å². The number of rotatable bonds is 4. The monoisotopic (exact) mass is 308 g/mol. The minimum atomic E-state index is -4.33. The van der Waals surface area contributed by atoms with Crippen molar-refractivity contribution in [1.29, 1.82) is 0 Å². The molecule has 94 valence electrons. The first-order chi connectivity index (χ1) is 7.84. The molecule has 1 rings (SSSR count). The Morgan fingerprint density at radius 2 is 2.06 bits per heavy atom. The molecule has 1 nitrogen and oxygen atoms in total. The van der Waals surface area contributed by atoms with Crippen LogP contribution in [0.4, 0.5) is 13.2 Å². The molecule has 0 spiro atoms. The number of benzene rings is 1. The number of carbonyl (C=O) groups excluding carboxylic acids is 1. The third-order valence-corrected chi connectivity index (χ3v) is 3.25. The lowest BCUT2D eigenvalue weighted by molar-refractivity contribution is -0.137. The molecule has 0 aliphatic rings. The molecular formula is C12H12BrF3O. The van der Waals surface area contributed by atoms with Gasteiger partial charge in [-0.25, -0.2) is 0 Å². The minimum Gasteiger partial charge on any atom is -0.303 e. The van der Waals surface area contributed by atoms with E-state index in [4.69, 9.17) is 0 Å². The summed E-state index contributed by atoms with van der Waals surface area (Å²) in [5.74, 6) is -0.142. The molecule has 0 bridgehead atoms. The molecule has 0 aromatic heterocycles. The molecule has 0 N–H and O–H groups in total. The van der Waals surface area contributed by atoms with E-state index in [0.717, 1.165) is 18.4 Å². The average molecular weight is 309 g/mol. The van der Waals surface area contributed by atoms with Gasteiger partial charge in [0.05, 0.1) is 5.56 Å². The van der Waals surface area contributed by atoms with Gasteiger partial charge in [-0.2, -0.15) is 13.2 Å². The van der Waals surface area contributed by atoms with Crippen LogP contribution in [0.1, 0.15) is 24.5 Å². The molecule has 0 radical (unpaired) electrons. The molecule has 0 saturated heterocycles. The van der Waals surface area contributed by atoms with Gasteiger partial charge in [0.25, 0.3) is 0 Å². The highest BCUT2D eigenvalue weighted by Gasteiger charge is 2.30. The topological polar surface area (TPSA) is 17.1 Å². The Bertz CT molecular complexity index is 401. The summed E-state index contributed by atoms with van der Waals surface area (Å²) in [6, 6.07) is 3.56. The minimum absolute atomic E-state index is 0.142. The Morgan fingerprint density at radius 3 is 2.59 bits per heavy atom. The molecule has 1 aromatic carbocycles. The number of aldehydes is 1. The van der Waals surface area contributed by atoms with Crippen molar-refractivity contribution in [1.82, 2.24) is 0 Å². The number of hydrogen-bond donors (Lipinski definition) is 0. The first-order valence-corrected chi connectivity index (χ1v) is 5.95. The highest BCUT2D eigenvalue weighted by Crippen LogP contribution is 2.32. The molecule has 0 fully saturated rings. The van der Waals surface area contributed by atoms with E-state index in [-0.39, 0.29) is 5.92 Å². The number of hydrogen-bond acceptors (Lipinski definition) is 1. The Kier molecular flexibility index (Phi) is 4.74. The molecule has 0 heterocycles. The first kappa shape index (κ1) is 14.2. The molecular weight excluding hydrogens is 297 g/mol. The Balaban J connectivity index is 2.87. The summed E-state index contributed by atoms with van der Waals surface area (Å²) in [6.45, 7) is 1.74. The van der Waals surface area contributed by atoms with Crippen LogP contribution in [0.25, 0.3) is 0 Å². The quantitative estimate of drug-likeness (QED) is 0.761. The Morgan fingerprint density at radius 1 is 1.41 bits per heavy atom. The van der Waals surface area contributed by atoms with Gasteiger partial charge in [0, 0.05) is 10.4 Å². The third kappa shape index (κ3) is 4.15. The summed E-state index contributed by atoms with van der Waals surface area (Å²) >= 11 is 3.21. The lowest BCUT2D eigenvalue weighted by Gasteiger charge is -2.11. The van der Waals surface area contributed by atoms with Crippen LogP contribution in [0, 0.1) is 5.92 Å². The number of alkyl halides is 3. The number of aryl methyl sites for hydroxylation is 1. The molecule has 5 heteroatoms. The zero-order valence-corrected chi connectivity index (χ0v) is 10.8. The van der Waals surface area contributed by atoms with Crippen LogP contribution >= 0.6 is 15.9 Å². The summed E-state index contributed by atoms with van der Waals surface area (Å²) in [5, 5.41) is 0. The lowest BCUT2D eigenvalue weighted by atomic mass is 10.0. The van der Waals surface area contributed by atoms with Crippen molar-refractivity contribution >= 4 is 22.2 Å². The van der Waals surface area contributed by atoms with E-state index in [2.05, 4.69) is 15.9 Å². The van der Waals surface area contributed by atoms with Gasteiger partial charge >= 0.3 is 6.18 Å². The van der Waals surface area contributed by atoms with E-state index in [0.29, 0.717) is 22.9 Å². The van der Waals surface area contributed by atoms with Crippen molar-refractivity contribution < 1.29 is 18.0 Å². The van der Waals surface area contributed by atoms with E-state index in [1.807, 2.05) is 0 Å². The predicted molar refractivity (Wildman–Crippen MR) is 62.7 cm³/mol. The van der Waals surface area contributed by atoms with Crippen LogP contribution in [0.3, 0.4) is 0 Å². The second-order valence-corrected chi connectivity index (χ2v) is 4.81. The normalized spacial score (nSPS) is 13.5. The van der Waals surface area contributed by atoms with Crippen LogP contribution in [0.2, 0.25) is 0 Å². The van der Waals surface area contributed by atoms with E-state index in [1.54, 1.807) is 6.92 Å². The summed E-state index contributed by atoms with van der Waals surface area (Å²) in [4.78, 5) is 10.4. The highest BCUT2D eigenvalue weighted by atomic mass is 79.9. The zero-order chi connectivity index (χ0) is 13.1. The highest BCUT2D eigenvalue weighted by molar-refractivity contribution is 9.10. The van der Waals surface area contributed by atoms with E-state index < -0.39 is 11.7 Å². The summed E-state index contributed by atoms with van der Waals surface area (Å²) in [7, 11) is 0. The van der Waals surface area contributed by atoms with Crippen LogP contribution in [-0.4, -0.2) is 6.29 Å². The average Bonchev–Trinajstić information content (AvgIpc) is 2.26. The second kappa shape index (κ2) is 5.67. The first-order valence-electron chi connectivity index (χ1n) is 5.15. The maximum Gasteiger partial charge on any atom is 0.416 e. The number of halogens is 4. The van der Waals surface area contributed by atoms with Crippen LogP contribution in [0.5, 0.6) is 0 Å². The molecule has 17 heavy (non-hydrogen) atoms. The van der Waals surface area contributed by atoms with E-state index in [9.17, 15) is 18.0 Å². The van der Waals surface area contributed by atoms with E-state index in [1.165, 1.54) is 6.07 Å². The molecule has 0 unspecified atom stereocenters. The van der Waals surface area contributed by atoms with E-state index >= 15 is 0 Å². The van der Waals surface area contributed by atoms with Gasteiger partial charge < -0.3 is 4.79 Å². The van der Waals surface area contributed by atoms with Gasteiger partial charge in [-0.3, -0.25) is 0 Å². The Labute approximate surface area is 106 Å². The second-order valence-electron chi connectivity index (χ2n) is 3.96. The summed E-state index contributed by atoms with van der Waals surface area (Å²) in [5.41, 5.74) is -0.0806. The van der Waals surface area contributed by atoms with Crippen LogP contribution in [-0.2, 0) is 17.4 Å². The summed E-state index contributed by atoms with van der Waals surface area (Å²) < 4.78 is 38.1. The SMILES string of the molecule is C[C@@H](C=O)CCc1cc(C(F)(F)F)ccc1Br. The third-order valence-electron chi connectivity index (χ3n) is 2.47. The molecule has 1 aromatic rings. The van der Waals surface area contributed by atoms with Crippen molar-refractivity contribution in [3.05, 3.63) is 33.8 Å². The van der Waals surface area contributed by atoms with Crippen molar-refractivity contribution in [2.24, 2.45) is 5.92 Å². The van der Waals surface area contributed by atoms with Gasteiger partial charge in [0.15, 0.2) is 0 Å². The van der Waals surface area contributed by atoms with Crippen LogP contribution < -0.4 is 0 Å². The van der Waals surface area contributed by atoms with Gasteiger partial charge in [0.2, 0.25) is 0 Å². The van der Waals surface area contributed by atoms with Crippen molar-refractivity contribution in [2.45, 2.75) is 25.9 Å². The molecule has 0 aliphatic heterocycles. The maximum absolute atomic E-state index is 12.5. The fourth-order valence-corrected chi connectivity index (χ4v) is 1.84. The van der Waals surface area contributed by atoms with Crippen molar-refractivity contribution in [3.8, 4) is 0 Å². The molecule has 0 amide bonds. The van der Waals surface area contributed by atoms with Crippen molar-refractivity contribution in [3.63, 3.8) is 0 Å². The predicted octanol–water partition coefficient (Wildman–Crippen LogP) is 4.24. The van der Waals surface area contributed by atoms with Gasteiger partial charge in [-0.05, 0) is 36.6 Å². The van der Waals surface area contributed by atoms with Gasteiger partial charge in [-0.15, -0.1) is 0 Å². The fourth-order valence-electron chi connectivity index (χ4n) is 1.39. The van der Waals surface area contributed by atoms with Gasteiger partial charge in [-0.1, -0.05) is 22.9 Å². The number of carbonyl (C=O) groups is 1. The molecule has 1 atom stereocenters. The molecule has 0 saturated carbocycles. The van der Waals surface area contributed by atoms with Crippen molar-refractivity contribution in [2.75, 3.05) is 0 Å². The zero-order valence-electron chi connectivity index (χ0n) is 9.22. The fraction of sp³-hybridized carbons (Fsp3) is 0.417. The summed E-state index contributed by atoms with van der Waals surface area (Å²) in [6.07, 6.45) is -2.53. The smallest absolute Gasteiger partial charge is 0.303 e.